The Morgan fingerprint density at radius 2 is 0.739 bits per heavy atom. The zero-order chi connectivity index (χ0) is 66.7. The second kappa shape index (κ2) is 65.6. The Labute approximate surface area is 563 Å². The Kier molecular flexibility index (Phi) is 61.4. The summed E-state index contributed by atoms with van der Waals surface area (Å²) in [4.78, 5) is 70.4. The number of hydrogen-bond donors (Lipinski definition) is 1. The van der Waals surface area contributed by atoms with Crippen molar-refractivity contribution in [2.45, 2.75) is 349 Å². The molecule has 0 aromatic carbocycles. The monoisotopic (exact) mass is 1300 g/mol. The molecule has 1 rings (SSSR count). The predicted molar refractivity (Wildman–Crippen MR) is 379 cm³/mol. The number of rotatable bonds is 67. The maximum atomic E-state index is 13.9. The number of carbonyl (C=O) groups is 5. The van der Waals surface area contributed by atoms with Crippen LogP contribution in [0.5, 0.6) is 0 Å². The molecule has 1 N–H and O–H groups in total. The maximum absolute atomic E-state index is 13.9. The van der Waals surface area contributed by atoms with E-state index in [4.69, 9.17) is 33.2 Å². The summed E-state index contributed by atoms with van der Waals surface area (Å²) < 4.78 is 42.6. The second-order valence-electron chi connectivity index (χ2n) is 26.2. The molecule has 1 atom stereocenters. The molecule has 0 saturated carbocycles. The van der Waals surface area contributed by atoms with E-state index in [2.05, 4.69) is 93.4 Å². The Balaban J connectivity index is 3.27. The molecular formula is C78H140N2O12. The Morgan fingerprint density at radius 1 is 0.391 bits per heavy atom. The molecule has 14 nitrogen and oxygen atoms in total. The van der Waals surface area contributed by atoms with E-state index in [0.29, 0.717) is 39.0 Å². The van der Waals surface area contributed by atoms with Gasteiger partial charge in [0.2, 0.25) is 0 Å². The predicted octanol–water partition coefficient (Wildman–Crippen LogP) is 20.6. The molecule has 1 unspecified atom stereocenters. The lowest BCUT2D eigenvalue weighted by Gasteiger charge is -2.32. The Bertz CT molecular complexity index is 1770. The van der Waals surface area contributed by atoms with Gasteiger partial charge in [0.25, 0.3) is 0 Å². The minimum absolute atomic E-state index is 0.00175. The van der Waals surface area contributed by atoms with Gasteiger partial charge in [-0.15, -0.1) is 0 Å². The molecule has 1 aliphatic heterocycles. The molecule has 0 aromatic heterocycles. The summed E-state index contributed by atoms with van der Waals surface area (Å²) in [5, 5.41) is 2.91. The number of likely N-dealkylation sites (tertiary alicyclic amines) is 1. The summed E-state index contributed by atoms with van der Waals surface area (Å²) in [6, 6.07) is 0. The van der Waals surface area contributed by atoms with E-state index in [1.165, 1.54) is 89.9 Å². The summed E-state index contributed by atoms with van der Waals surface area (Å²) in [5.74, 6) is -1.93. The van der Waals surface area contributed by atoms with Gasteiger partial charge in [-0.2, -0.15) is 0 Å². The second-order valence-corrected chi connectivity index (χ2v) is 26.2. The van der Waals surface area contributed by atoms with Crippen LogP contribution in [0.15, 0.2) is 48.6 Å². The first-order valence-electron chi connectivity index (χ1n) is 38.2. The van der Waals surface area contributed by atoms with Gasteiger partial charge < -0.3 is 43.4 Å². The van der Waals surface area contributed by atoms with Crippen LogP contribution in [0.3, 0.4) is 0 Å². The maximum Gasteiger partial charge on any atom is 0.407 e. The largest absolute Gasteiger partial charge is 0.465 e. The van der Waals surface area contributed by atoms with Crippen molar-refractivity contribution in [1.29, 1.82) is 0 Å². The molecule has 534 valence electrons. The number of nitrogens with one attached hydrogen (secondary N) is 1. The number of hydrogen-bond acceptors (Lipinski definition) is 13. The van der Waals surface area contributed by atoms with E-state index in [0.717, 1.165) is 174 Å². The van der Waals surface area contributed by atoms with Crippen LogP contribution in [-0.4, -0.2) is 113 Å². The molecule has 0 bridgehead atoms. The standard InChI is InChI=1S/C78H140N2O12/c1-6-11-16-21-25-27-29-31-33-35-37-39-41-43-48-55-72(81)88-67-78(68-89-73(82)56-49-44-42-40-38-36-34-32-30-28-26-22-17-12-7-2,69-90-74(83)58-57-71(54-47-20-15-10-5)92-77(85)79-61-64-80-62-50-51-63-80)70-91-75(84)59-60-76(86-65-52-45-23-18-13-8-3)87-66-53-46-24-19-14-9-4/h25-28,31-34,71,76H,6-24,29-30,35-70H2,1-5H3,(H,79,85)/b27-25-,28-26-,33-31-,34-32-. The van der Waals surface area contributed by atoms with E-state index in [-0.39, 0.29) is 65.0 Å². The molecular weight excluding hydrogens is 1160 g/mol. The fraction of sp³-hybridized carbons (Fsp3) is 0.833. The minimum Gasteiger partial charge on any atom is -0.465 e. The number of nitrogens with zero attached hydrogens (tertiary/aromatic N) is 1. The number of alkyl carbamates (subject to hydrolysis) is 1. The molecule has 0 spiro atoms. The fourth-order valence-corrected chi connectivity index (χ4v) is 11.1. The quantitative estimate of drug-likeness (QED) is 0.0201. The lowest BCUT2D eigenvalue weighted by Crippen LogP contribution is -2.44. The molecule has 1 heterocycles. The summed E-state index contributed by atoms with van der Waals surface area (Å²) in [6.45, 7) is 14.1. The third kappa shape index (κ3) is 56.3. The first kappa shape index (κ1) is 86.0. The molecule has 92 heavy (non-hydrogen) atoms. The van der Waals surface area contributed by atoms with Crippen molar-refractivity contribution in [3.63, 3.8) is 0 Å². The van der Waals surface area contributed by atoms with E-state index >= 15 is 0 Å². The SMILES string of the molecule is CCCCC/C=C\C/C=C\CCCCCCCC(=O)OCC(COC(=O)CCCCCCC/C=C\C/C=C\CCCCC)(COC(=O)CCC(CCCCCC)OC(=O)NCCN1CCCC1)COC(=O)CCC(OCCCCCCCC)OCCCCCCCC. The van der Waals surface area contributed by atoms with Crippen molar-refractivity contribution >= 4 is 30.0 Å². The first-order chi connectivity index (χ1) is 45.1. The average molecular weight is 1300 g/mol. The zero-order valence-corrected chi connectivity index (χ0v) is 59.9. The van der Waals surface area contributed by atoms with Gasteiger partial charge in [0.1, 0.15) is 37.9 Å². The van der Waals surface area contributed by atoms with E-state index < -0.39 is 47.8 Å². The van der Waals surface area contributed by atoms with Gasteiger partial charge in [-0.1, -0.05) is 231 Å². The van der Waals surface area contributed by atoms with Crippen LogP contribution in [0, 0.1) is 5.41 Å². The smallest absolute Gasteiger partial charge is 0.407 e. The molecule has 1 saturated heterocycles. The number of allylic oxidation sites excluding steroid dienone is 8. The third-order valence-electron chi connectivity index (χ3n) is 17.2. The Morgan fingerprint density at radius 3 is 1.17 bits per heavy atom. The lowest BCUT2D eigenvalue weighted by molar-refractivity contribution is -0.173. The Hall–Kier alpha value is -4.01. The molecule has 14 heteroatoms. The molecule has 1 amide bonds. The van der Waals surface area contributed by atoms with Crippen LogP contribution in [0.25, 0.3) is 0 Å². The molecule has 0 aliphatic carbocycles. The van der Waals surface area contributed by atoms with Gasteiger partial charge in [-0.05, 0) is 135 Å². The van der Waals surface area contributed by atoms with Crippen LogP contribution in [0.2, 0.25) is 0 Å². The highest BCUT2D eigenvalue weighted by molar-refractivity contribution is 5.71. The molecule has 0 radical (unpaired) electrons. The summed E-state index contributed by atoms with van der Waals surface area (Å²) in [6.07, 6.45) is 61.1. The molecule has 0 aromatic rings. The van der Waals surface area contributed by atoms with Crippen LogP contribution < -0.4 is 5.32 Å². The minimum atomic E-state index is -1.42. The van der Waals surface area contributed by atoms with Crippen molar-refractivity contribution in [3.05, 3.63) is 48.6 Å². The topological polar surface area (TPSA) is 165 Å². The van der Waals surface area contributed by atoms with Crippen molar-refractivity contribution in [1.82, 2.24) is 10.2 Å². The average Bonchev–Trinajstić information content (AvgIpc) is 1.58. The van der Waals surface area contributed by atoms with Gasteiger partial charge in [0.05, 0.1) is 6.42 Å². The van der Waals surface area contributed by atoms with E-state index in [9.17, 15) is 24.0 Å². The lowest BCUT2D eigenvalue weighted by atomic mass is 9.92. The highest BCUT2D eigenvalue weighted by Gasteiger charge is 2.38. The number of unbranched alkanes of at least 4 members (excludes halogenated alkanes) is 29. The summed E-state index contributed by atoms with van der Waals surface area (Å²) >= 11 is 0. The molecule has 1 aliphatic rings. The van der Waals surface area contributed by atoms with Crippen molar-refractivity contribution < 1.29 is 57.1 Å². The van der Waals surface area contributed by atoms with Crippen LogP contribution in [0.4, 0.5) is 4.79 Å². The number of esters is 4. The first-order valence-corrected chi connectivity index (χ1v) is 38.2. The highest BCUT2D eigenvalue weighted by Crippen LogP contribution is 2.25. The fourth-order valence-electron chi connectivity index (χ4n) is 11.1. The van der Waals surface area contributed by atoms with Gasteiger partial charge in [0.15, 0.2) is 6.29 Å². The molecule has 1 fully saturated rings. The van der Waals surface area contributed by atoms with Crippen molar-refractivity contribution in [3.8, 4) is 0 Å². The van der Waals surface area contributed by atoms with Gasteiger partial charge in [-0.3, -0.25) is 19.2 Å². The number of amides is 1. The van der Waals surface area contributed by atoms with Crippen LogP contribution in [0.1, 0.15) is 336 Å². The van der Waals surface area contributed by atoms with Gasteiger partial charge in [0, 0.05) is 52.0 Å². The normalized spacial score (nSPS) is 13.4. The highest BCUT2D eigenvalue weighted by atomic mass is 16.7. The zero-order valence-electron chi connectivity index (χ0n) is 59.9. The number of carbonyl (C=O) groups excluding carboxylic acids is 5. The third-order valence-corrected chi connectivity index (χ3v) is 17.2. The van der Waals surface area contributed by atoms with E-state index in [1.54, 1.807) is 0 Å². The van der Waals surface area contributed by atoms with Crippen molar-refractivity contribution in [2.75, 3.05) is 65.8 Å². The van der Waals surface area contributed by atoms with Gasteiger partial charge in [-0.25, -0.2) is 4.79 Å². The summed E-state index contributed by atoms with van der Waals surface area (Å²) in [7, 11) is 0. The van der Waals surface area contributed by atoms with Crippen LogP contribution >= 0.6 is 0 Å². The summed E-state index contributed by atoms with van der Waals surface area (Å²) in [5.41, 5.74) is -1.42. The number of ether oxygens (including phenoxy) is 7. The van der Waals surface area contributed by atoms with E-state index in [1.807, 2.05) is 0 Å². The van der Waals surface area contributed by atoms with Crippen molar-refractivity contribution in [2.24, 2.45) is 5.41 Å². The van der Waals surface area contributed by atoms with Crippen LogP contribution in [-0.2, 0) is 52.3 Å². The van der Waals surface area contributed by atoms with Gasteiger partial charge >= 0.3 is 30.0 Å².